The predicted octanol–water partition coefficient (Wildman–Crippen LogP) is 2.41. The molecule has 0 spiro atoms. The van der Waals surface area contributed by atoms with Gasteiger partial charge in [0.1, 0.15) is 5.78 Å². The summed E-state index contributed by atoms with van der Waals surface area (Å²) in [7, 11) is 0. The standard InChI is InChI=1S/C13H17NO2/c1-9(2)13(16)14-12-6-4-11(5-7-12)8-10(3)15/h4-7,9H,8H2,1-3H3,(H,14,16). The Morgan fingerprint density at radius 2 is 1.75 bits per heavy atom. The van der Waals surface area contributed by atoms with Crippen LogP contribution in [0.1, 0.15) is 26.3 Å². The van der Waals surface area contributed by atoms with E-state index in [0.717, 1.165) is 11.3 Å². The molecular weight excluding hydrogens is 202 g/mol. The Morgan fingerprint density at radius 3 is 2.19 bits per heavy atom. The first kappa shape index (κ1) is 12.4. The van der Waals surface area contributed by atoms with Crippen LogP contribution in [0.25, 0.3) is 0 Å². The molecule has 0 atom stereocenters. The smallest absolute Gasteiger partial charge is 0.226 e. The molecule has 0 saturated carbocycles. The second-order valence-electron chi connectivity index (χ2n) is 4.22. The van der Waals surface area contributed by atoms with E-state index in [4.69, 9.17) is 0 Å². The number of carbonyl (C=O) groups is 2. The van der Waals surface area contributed by atoms with Crippen molar-refractivity contribution in [2.24, 2.45) is 5.92 Å². The van der Waals surface area contributed by atoms with Gasteiger partial charge in [-0.15, -0.1) is 0 Å². The second kappa shape index (κ2) is 5.45. The van der Waals surface area contributed by atoms with Gasteiger partial charge in [-0.25, -0.2) is 0 Å². The molecule has 3 heteroatoms. The van der Waals surface area contributed by atoms with Crippen LogP contribution in [-0.2, 0) is 16.0 Å². The van der Waals surface area contributed by atoms with Gasteiger partial charge in [0.25, 0.3) is 0 Å². The van der Waals surface area contributed by atoms with Crippen molar-refractivity contribution in [2.75, 3.05) is 5.32 Å². The number of hydrogen-bond acceptors (Lipinski definition) is 2. The van der Waals surface area contributed by atoms with Gasteiger partial charge in [-0.3, -0.25) is 9.59 Å². The molecule has 0 aliphatic rings. The number of hydrogen-bond donors (Lipinski definition) is 1. The molecule has 0 aromatic heterocycles. The molecule has 0 aliphatic carbocycles. The van der Waals surface area contributed by atoms with E-state index in [1.54, 1.807) is 6.92 Å². The zero-order valence-electron chi connectivity index (χ0n) is 9.91. The van der Waals surface area contributed by atoms with Crippen LogP contribution < -0.4 is 5.32 Å². The van der Waals surface area contributed by atoms with E-state index in [1.807, 2.05) is 38.1 Å². The maximum absolute atomic E-state index is 11.4. The number of carbonyl (C=O) groups excluding carboxylic acids is 2. The third-order valence-corrected chi connectivity index (χ3v) is 2.20. The minimum absolute atomic E-state index is 0.000632. The van der Waals surface area contributed by atoms with E-state index in [9.17, 15) is 9.59 Å². The fraction of sp³-hybridized carbons (Fsp3) is 0.385. The molecule has 1 rings (SSSR count). The fourth-order valence-electron chi connectivity index (χ4n) is 1.28. The average Bonchev–Trinajstić information content (AvgIpc) is 2.20. The normalized spacial score (nSPS) is 10.2. The maximum Gasteiger partial charge on any atom is 0.226 e. The van der Waals surface area contributed by atoms with Crippen molar-refractivity contribution in [1.82, 2.24) is 0 Å². The van der Waals surface area contributed by atoms with Crippen LogP contribution >= 0.6 is 0 Å². The van der Waals surface area contributed by atoms with Crippen LogP contribution in [-0.4, -0.2) is 11.7 Å². The first-order valence-electron chi connectivity index (χ1n) is 5.38. The summed E-state index contributed by atoms with van der Waals surface area (Å²) in [6.45, 7) is 5.26. The summed E-state index contributed by atoms with van der Waals surface area (Å²) in [5.74, 6) is 0.107. The summed E-state index contributed by atoms with van der Waals surface area (Å²) >= 11 is 0. The Balaban J connectivity index is 2.64. The lowest BCUT2D eigenvalue weighted by atomic mass is 10.1. The van der Waals surface area contributed by atoms with Gasteiger partial charge < -0.3 is 5.32 Å². The van der Waals surface area contributed by atoms with Crippen molar-refractivity contribution in [3.63, 3.8) is 0 Å². The Bertz CT molecular complexity index is 379. The van der Waals surface area contributed by atoms with Crippen LogP contribution in [0.2, 0.25) is 0 Å². The van der Waals surface area contributed by atoms with Gasteiger partial charge in [0.2, 0.25) is 5.91 Å². The number of amides is 1. The van der Waals surface area contributed by atoms with Crippen LogP contribution in [0.15, 0.2) is 24.3 Å². The lowest BCUT2D eigenvalue weighted by Gasteiger charge is -2.08. The van der Waals surface area contributed by atoms with Crippen molar-refractivity contribution < 1.29 is 9.59 Å². The molecule has 0 aliphatic heterocycles. The van der Waals surface area contributed by atoms with Gasteiger partial charge in [0.15, 0.2) is 0 Å². The van der Waals surface area contributed by atoms with Crippen molar-refractivity contribution in [3.05, 3.63) is 29.8 Å². The number of rotatable bonds is 4. The third kappa shape index (κ3) is 3.85. The molecule has 0 radical (unpaired) electrons. The molecule has 1 aromatic carbocycles. The Morgan fingerprint density at radius 1 is 1.19 bits per heavy atom. The van der Waals surface area contributed by atoms with E-state index in [2.05, 4.69) is 5.32 Å². The Hall–Kier alpha value is -1.64. The van der Waals surface area contributed by atoms with Gasteiger partial charge in [0.05, 0.1) is 0 Å². The summed E-state index contributed by atoms with van der Waals surface area (Å²) in [5, 5.41) is 2.80. The molecule has 86 valence electrons. The molecule has 0 bridgehead atoms. The van der Waals surface area contributed by atoms with Crippen LogP contribution in [0.5, 0.6) is 0 Å². The molecule has 1 amide bonds. The zero-order valence-corrected chi connectivity index (χ0v) is 9.91. The molecular formula is C13H17NO2. The second-order valence-corrected chi connectivity index (χ2v) is 4.22. The van der Waals surface area contributed by atoms with Crippen molar-refractivity contribution in [2.45, 2.75) is 27.2 Å². The van der Waals surface area contributed by atoms with E-state index >= 15 is 0 Å². The Labute approximate surface area is 95.9 Å². The molecule has 1 aromatic rings. The molecule has 0 saturated heterocycles. The van der Waals surface area contributed by atoms with E-state index < -0.39 is 0 Å². The molecule has 0 heterocycles. The lowest BCUT2D eigenvalue weighted by Crippen LogP contribution is -2.17. The highest BCUT2D eigenvalue weighted by molar-refractivity contribution is 5.92. The first-order chi connectivity index (χ1) is 7.49. The van der Waals surface area contributed by atoms with E-state index in [0.29, 0.717) is 6.42 Å². The Kier molecular flexibility index (Phi) is 4.23. The summed E-state index contributed by atoms with van der Waals surface area (Å²) in [6, 6.07) is 7.35. The number of nitrogens with one attached hydrogen (secondary N) is 1. The van der Waals surface area contributed by atoms with E-state index in [-0.39, 0.29) is 17.6 Å². The maximum atomic E-state index is 11.4. The minimum Gasteiger partial charge on any atom is -0.326 e. The largest absolute Gasteiger partial charge is 0.326 e. The topological polar surface area (TPSA) is 46.2 Å². The van der Waals surface area contributed by atoms with Crippen LogP contribution in [0.3, 0.4) is 0 Å². The van der Waals surface area contributed by atoms with Crippen LogP contribution in [0.4, 0.5) is 5.69 Å². The number of benzene rings is 1. The van der Waals surface area contributed by atoms with Gasteiger partial charge in [0, 0.05) is 18.0 Å². The van der Waals surface area contributed by atoms with Crippen LogP contribution in [0, 0.1) is 5.92 Å². The highest BCUT2D eigenvalue weighted by Gasteiger charge is 2.06. The minimum atomic E-state index is -0.0307. The molecule has 1 N–H and O–H groups in total. The van der Waals surface area contributed by atoms with Crippen molar-refractivity contribution >= 4 is 17.4 Å². The summed E-state index contributed by atoms with van der Waals surface area (Å²) < 4.78 is 0. The highest BCUT2D eigenvalue weighted by Crippen LogP contribution is 2.11. The number of Topliss-reactive ketones (excluding diaryl/α,β-unsaturated/α-hetero) is 1. The molecule has 16 heavy (non-hydrogen) atoms. The number of anilines is 1. The quantitative estimate of drug-likeness (QED) is 0.845. The summed E-state index contributed by atoms with van der Waals surface area (Å²) in [4.78, 5) is 22.3. The highest BCUT2D eigenvalue weighted by atomic mass is 16.1. The lowest BCUT2D eigenvalue weighted by molar-refractivity contribution is -0.119. The molecule has 0 unspecified atom stereocenters. The summed E-state index contributed by atoms with van der Waals surface area (Å²) in [5.41, 5.74) is 1.74. The fourth-order valence-corrected chi connectivity index (χ4v) is 1.28. The monoisotopic (exact) mass is 219 g/mol. The van der Waals surface area contributed by atoms with Crippen molar-refractivity contribution in [3.8, 4) is 0 Å². The predicted molar refractivity (Wildman–Crippen MR) is 64.3 cm³/mol. The SMILES string of the molecule is CC(=O)Cc1ccc(NC(=O)C(C)C)cc1. The zero-order chi connectivity index (χ0) is 12.1. The summed E-state index contributed by atoms with van der Waals surface area (Å²) in [6.07, 6.45) is 0.443. The molecule has 0 fully saturated rings. The third-order valence-electron chi connectivity index (χ3n) is 2.20. The van der Waals surface area contributed by atoms with Gasteiger partial charge in [-0.2, -0.15) is 0 Å². The van der Waals surface area contributed by atoms with Gasteiger partial charge in [-0.05, 0) is 24.6 Å². The van der Waals surface area contributed by atoms with Crippen molar-refractivity contribution in [1.29, 1.82) is 0 Å². The average molecular weight is 219 g/mol. The van der Waals surface area contributed by atoms with Gasteiger partial charge in [-0.1, -0.05) is 26.0 Å². The van der Waals surface area contributed by atoms with E-state index in [1.165, 1.54) is 0 Å². The number of ketones is 1. The first-order valence-corrected chi connectivity index (χ1v) is 5.38. The molecule has 3 nitrogen and oxygen atoms in total. The van der Waals surface area contributed by atoms with Gasteiger partial charge >= 0.3 is 0 Å².